The molecule has 0 saturated carbocycles. The molecule has 0 bridgehead atoms. The third-order valence-electron chi connectivity index (χ3n) is 2.53. The second kappa shape index (κ2) is 5.61. The molecule has 1 aliphatic rings. The van der Waals surface area contributed by atoms with Crippen molar-refractivity contribution in [1.82, 2.24) is 5.32 Å². The zero-order valence-corrected chi connectivity index (χ0v) is 9.18. The van der Waals surface area contributed by atoms with E-state index in [1.165, 1.54) is 19.3 Å². The molecule has 78 valence electrons. The van der Waals surface area contributed by atoms with Crippen LogP contribution in [-0.2, 0) is 4.74 Å². The van der Waals surface area contributed by atoms with Crippen molar-refractivity contribution >= 4 is 0 Å². The van der Waals surface area contributed by atoms with Crippen molar-refractivity contribution in [2.24, 2.45) is 5.92 Å². The van der Waals surface area contributed by atoms with Crippen molar-refractivity contribution in [3.05, 3.63) is 0 Å². The maximum Gasteiger partial charge on any atom is 0.0700 e. The Morgan fingerprint density at radius 2 is 2.23 bits per heavy atom. The lowest BCUT2D eigenvalue weighted by molar-refractivity contribution is -0.00445. The van der Waals surface area contributed by atoms with Crippen LogP contribution in [0.1, 0.15) is 40.0 Å². The Morgan fingerprint density at radius 1 is 1.46 bits per heavy atom. The second-order valence-corrected chi connectivity index (χ2v) is 4.48. The van der Waals surface area contributed by atoms with Crippen molar-refractivity contribution in [2.45, 2.75) is 52.2 Å². The Hall–Kier alpha value is -0.0800. The van der Waals surface area contributed by atoms with Gasteiger partial charge in [0.2, 0.25) is 0 Å². The fourth-order valence-electron chi connectivity index (χ4n) is 1.90. The van der Waals surface area contributed by atoms with Crippen LogP contribution in [0.4, 0.5) is 0 Å². The first-order chi connectivity index (χ1) is 6.22. The van der Waals surface area contributed by atoms with E-state index >= 15 is 0 Å². The summed E-state index contributed by atoms with van der Waals surface area (Å²) in [5.41, 5.74) is 0. The summed E-state index contributed by atoms with van der Waals surface area (Å²) in [7, 11) is 0. The lowest BCUT2D eigenvalue weighted by Crippen LogP contribution is -2.46. The molecule has 0 radical (unpaired) electrons. The van der Waals surface area contributed by atoms with Gasteiger partial charge in [0, 0.05) is 12.6 Å². The van der Waals surface area contributed by atoms with E-state index in [0.717, 1.165) is 19.1 Å². The first-order valence-corrected chi connectivity index (χ1v) is 5.57. The molecule has 2 nitrogen and oxygen atoms in total. The fraction of sp³-hybridized carbons (Fsp3) is 1.00. The van der Waals surface area contributed by atoms with Gasteiger partial charge in [-0.1, -0.05) is 27.2 Å². The van der Waals surface area contributed by atoms with E-state index in [1.54, 1.807) is 0 Å². The maximum atomic E-state index is 5.77. The van der Waals surface area contributed by atoms with Crippen LogP contribution in [0.15, 0.2) is 0 Å². The van der Waals surface area contributed by atoms with Gasteiger partial charge in [-0.05, 0) is 18.8 Å². The molecule has 0 aromatic heterocycles. The van der Waals surface area contributed by atoms with Crippen LogP contribution in [0.3, 0.4) is 0 Å². The summed E-state index contributed by atoms with van der Waals surface area (Å²) in [6, 6.07) is 0.591. The summed E-state index contributed by atoms with van der Waals surface area (Å²) in [5.74, 6) is 0.767. The van der Waals surface area contributed by atoms with Crippen LogP contribution in [-0.4, -0.2) is 25.3 Å². The van der Waals surface area contributed by atoms with E-state index in [-0.39, 0.29) is 0 Å². The van der Waals surface area contributed by atoms with Crippen LogP contribution in [0, 0.1) is 5.92 Å². The molecular formula is C11H23NO. The zero-order chi connectivity index (χ0) is 9.68. The Morgan fingerprint density at radius 3 is 2.69 bits per heavy atom. The molecule has 13 heavy (non-hydrogen) atoms. The van der Waals surface area contributed by atoms with Crippen LogP contribution in [0.5, 0.6) is 0 Å². The Kier molecular flexibility index (Phi) is 4.74. The van der Waals surface area contributed by atoms with Gasteiger partial charge in [-0.25, -0.2) is 0 Å². The van der Waals surface area contributed by atoms with Crippen molar-refractivity contribution in [1.29, 1.82) is 0 Å². The van der Waals surface area contributed by atoms with Gasteiger partial charge in [0.15, 0.2) is 0 Å². The molecule has 2 unspecified atom stereocenters. The third-order valence-corrected chi connectivity index (χ3v) is 2.53. The van der Waals surface area contributed by atoms with Gasteiger partial charge in [-0.2, -0.15) is 0 Å². The third kappa shape index (κ3) is 4.10. The Labute approximate surface area is 82.0 Å². The highest BCUT2D eigenvalue weighted by Crippen LogP contribution is 2.12. The number of nitrogens with one attached hydrogen (secondary N) is 1. The standard InChI is InChI=1S/C11H23NO/c1-4-5-11-7-12-10(8-13-11)6-9(2)3/h9-12H,4-8H2,1-3H3. The minimum atomic E-state index is 0.466. The van der Waals surface area contributed by atoms with E-state index in [1.807, 2.05) is 0 Å². The lowest BCUT2D eigenvalue weighted by Gasteiger charge is -2.31. The van der Waals surface area contributed by atoms with E-state index in [4.69, 9.17) is 4.74 Å². The molecule has 1 aliphatic heterocycles. The van der Waals surface area contributed by atoms with Gasteiger partial charge < -0.3 is 10.1 Å². The van der Waals surface area contributed by atoms with Crippen molar-refractivity contribution in [3.63, 3.8) is 0 Å². The Balaban J connectivity index is 2.15. The van der Waals surface area contributed by atoms with Gasteiger partial charge in [0.25, 0.3) is 0 Å². The molecule has 0 spiro atoms. The first kappa shape index (κ1) is 11.0. The van der Waals surface area contributed by atoms with Crippen molar-refractivity contribution in [3.8, 4) is 0 Å². The predicted molar refractivity (Wildman–Crippen MR) is 55.9 cm³/mol. The minimum absolute atomic E-state index is 0.466. The van der Waals surface area contributed by atoms with Crippen LogP contribution >= 0.6 is 0 Å². The normalized spacial score (nSPS) is 29.5. The largest absolute Gasteiger partial charge is 0.375 e. The smallest absolute Gasteiger partial charge is 0.0700 e. The quantitative estimate of drug-likeness (QED) is 0.725. The van der Waals surface area contributed by atoms with E-state index in [2.05, 4.69) is 26.1 Å². The predicted octanol–water partition coefficient (Wildman–Crippen LogP) is 2.19. The molecule has 1 heterocycles. The summed E-state index contributed by atoms with van der Waals surface area (Å²) < 4.78 is 5.77. The summed E-state index contributed by atoms with van der Waals surface area (Å²) in [6.07, 6.45) is 4.12. The second-order valence-electron chi connectivity index (χ2n) is 4.48. The molecular weight excluding hydrogens is 162 g/mol. The van der Waals surface area contributed by atoms with Gasteiger partial charge >= 0.3 is 0 Å². The average Bonchev–Trinajstić information content (AvgIpc) is 2.08. The zero-order valence-electron chi connectivity index (χ0n) is 9.18. The molecule has 0 aromatic carbocycles. The molecule has 0 amide bonds. The molecule has 1 rings (SSSR count). The molecule has 2 atom stereocenters. The van der Waals surface area contributed by atoms with E-state index < -0.39 is 0 Å². The lowest BCUT2D eigenvalue weighted by atomic mass is 10.0. The van der Waals surface area contributed by atoms with Gasteiger partial charge in [-0.15, -0.1) is 0 Å². The Bertz CT molecular complexity index is 128. The molecule has 2 heteroatoms. The molecule has 1 saturated heterocycles. The van der Waals surface area contributed by atoms with Gasteiger partial charge in [-0.3, -0.25) is 0 Å². The summed E-state index contributed by atoms with van der Waals surface area (Å²) in [5, 5.41) is 3.56. The molecule has 1 N–H and O–H groups in total. The first-order valence-electron chi connectivity index (χ1n) is 5.57. The highest BCUT2D eigenvalue weighted by Gasteiger charge is 2.20. The molecule has 0 aromatic rings. The van der Waals surface area contributed by atoms with Crippen LogP contribution in [0.2, 0.25) is 0 Å². The summed E-state index contributed by atoms with van der Waals surface area (Å²) in [4.78, 5) is 0. The SMILES string of the molecule is CCCC1CNC(CC(C)C)CO1. The van der Waals surface area contributed by atoms with Crippen molar-refractivity contribution < 1.29 is 4.74 Å². The maximum absolute atomic E-state index is 5.77. The van der Waals surface area contributed by atoms with Crippen molar-refractivity contribution in [2.75, 3.05) is 13.2 Å². The van der Waals surface area contributed by atoms with E-state index in [9.17, 15) is 0 Å². The van der Waals surface area contributed by atoms with Crippen LogP contribution < -0.4 is 5.32 Å². The summed E-state index contributed by atoms with van der Waals surface area (Å²) >= 11 is 0. The monoisotopic (exact) mass is 185 g/mol. The van der Waals surface area contributed by atoms with Gasteiger partial charge in [0.1, 0.15) is 0 Å². The average molecular weight is 185 g/mol. The molecule has 1 fully saturated rings. The minimum Gasteiger partial charge on any atom is -0.375 e. The fourth-order valence-corrected chi connectivity index (χ4v) is 1.90. The van der Waals surface area contributed by atoms with Gasteiger partial charge in [0.05, 0.1) is 12.7 Å². The highest BCUT2D eigenvalue weighted by molar-refractivity contribution is 4.76. The number of hydrogen-bond donors (Lipinski definition) is 1. The number of rotatable bonds is 4. The topological polar surface area (TPSA) is 21.3 Å². The number of hydrogen-bond acceptors (Lipinski definition) is 2. The van der Waals surface area contributed by atoms with E-state index in [0.29, 0.717) is 12.1 Å². The number of morpholine rings is 1. The molecule has 0 aliphatic carbocycles. The number of ether oxygens (including phenoxy) is 1. The summed E-state index contributed by atoms with van der Waals surface area (Å²) in [6.45, 7) is 8.69. The van der Waals surface area contributed by atoms with Crippen LogP contribution in [0.25, 0.3) is 0 Å². The highest BCUT2D eigenvalue weighted by atomic mass is 16.5.